The van der Waals surface area contributed by atoms with Gasteiger partial charge in [-0.1, -0.05) is 0 Å². The second-order valence-electron chi connectivity index (χ2n) is 4.21. The van der Waals surface area contributed by atoms with Gasteiger partial charge in [-0.05, 0) is 25.0 Å². The number of allylic oxidation sites excluding steroid dienone is 1. The van der Waals surface area contributed by atoms with Gasteiger partial charge in [0.25, 0.3) is 0 Å². The van der Waals surface area contributed by atoms with E-state index in [-0.39, 0.29) is 11.8 Å². The van der Waals surface area contributed by atoms with E-state index in [2.05, 4.69) is 5.32 Å². The molecular weight excluding hydrogens is 256 g/mol. The highest BCUT2D eigenvalue weighted by atomic mass is 19.1. The van der Waals surface area contributed by atoms with Crippen molar-refractivity contribution in [1.82, 2.24) is 0 Å². The molecule has 0 saturated carbocycles. The first kappa shape index (κ1) is 13.3. The summed E-state index contributed by atoms with van der Waals surface area (Å²) in [5.41, 5.74) is -0.606. The largest absolute Gasteiger partial charge is 0.497 e. The van der Waals surface area contributed by atoms with Crippen LogP contribution in [-0.4, -0.2) is 23.7 Å². The van der Waals surface area contributed by atoms with Crippen LogP contribution in [0, 0.1) is 11.6 Å². The summed E-state index contributed by atoms with van der Waals surface area (Å²) in [6, 6.07) is 1.51. The van der Waals surface area contributed by atoms with E-state index in [0.29, 0.717) is 12.6 Å². The summed E-state index contributed by atoms with van der Waals surface area (Å²) in [4.78, 5) is 10.8. The van der Waals surface area contributed by atoms with Crippen LogP contribution in [0.5, 0.6) is 0 Å². The summed E-state index contributed by atoms with van der Waals surface area (Å²) >= 11 is 0. The highest BCUT2D eigenvalue weighted by Gasteiger charge is 2.16. The molecule has 1 aromatic carbocycles. The SMILES string of the molecule is O=C(O)c1cc(NCC2CCC=CO2)c(F)cc1F. The van der Waals surface area contributed by atoms with E-state index in [1.807, 2.05) is 6.08 Å². The van der Waals surface area contributed by atoms with Gasteiger partial charge in [0.1, 0.15) is 17.7 Å². The molecule has 19 heavy (non-hydrogen) atoms. The molecular formula is C13H13F2NO3. The lowest BCUT2D eigenvalue weighted by atomic mass is 10.1. The first-order valence-electron chi connectivity index (χ1n) is 5.84. The number of aromatic carboxylic acids is 1. The smallest absolute Gasteiger partial charge is 0.338 e. The van der Waals surface area contributed by atoms with E-state index < -0.39 is 23.2 Å². The molecule has 0 saturated heterocycles. The van der Waals surface area contributed by atoms with Gasteiger partial charge in [-0.15, -0.1) is 0 Å². The molecule has 6 heteroatoms. The second kappa shape index (κ2) is 5.69. The second-order valence-corrected chi connectivity index (χ2v) is 4.21. The third-order valence-electron chi connectivity index (χ3n) is 2.83. The van der Waals surface area contributed by atoms with Crippen LogP contribution in [0.1, 0.15) is 23.2 Å². The Bertz CT molecular complexity index is 517. The minimum absolute atomic E-state index is 0.0445. The first-order valence-corrected chi connectivity index (χ1v) is 5.84. The average Bonchev–Trinajstić information content (AvgIpc) is 2.38. The van der Waals surface area contributed by atoms with Crippen molar-refractivity contribution >= 4 is 11.7 Å². The summed E-state index contributed by atoms with van der Waals surface area (Å²) in [6.07, 6.45) is 5.02. The van der Waals surface area contributed by atoms with Gasteiger partial charge < -0.3 is 15.2 Å². The molecule has 1 aromatic rings. The maximum Gasteiger partial charge on any atom is 0.338 e. The van der Waals surface area contributed by atoms with Gasteiger partial charge in [-0.2, -0.15) is 0 Å². The molecule has 0 aliphatic carbocycles. The van der Waals surface area contributed by atoms with E-state index in [0.717, 1.165) is 18.9 Å². The zero-order chi connectivity index (χ0) is 13.8. The number of carbonyl (C=O) groups is 1. The van der Waals surface area contributed by atoms with Crippen molar-refractivity contribution in [3.05, 3.63) is 41.7 Å². The summed E-state index contributed by atoms with van der Waals surface area (Å²) in [5.74, 6) is -3.35. The maximum absolute atomic E-state index is 13.5. The first-order chi connectivity index (χ1) is 9.08. The fourth-order valence-corrected chi connectivity index (χ4v) is 1.81. The van der Waals surface area contributed by atoms with Gasteiger partial charge in [0.05, 0.1) is 24.1 Å². The molecule has 0 spiro atoms. The van der Waals surface area contributed by atoms with E-state index in [1.165, 1.54) is 0 Å². The van der Waals surface area contributed by atoms with E-state index >= 15 is 0 Å². The van der Waals surface area contributed by atoms with Crippen molar-refractivity contribution in [1.29, 1.82) is 0 Å². The Morgan fingerprint density at radius 3 is 2.84 bits per heavy atom. The van der Waals surface area contributed by atoms with Crippen molar-refractivity contribution in [2.45, 2.75) is 18.9 Å². The van der Waals surface area contributed by atoms with Crippen LogP contribution in [0.25, 0.3) is 0 Å². The molecule has 0 amide bonds. The summed E-state index contributed by atoms with van der Waals surface area (Å²) in [5, 5.41) is 11.5. The Labute approximate surface area is 108 Å². The third-order valence-corrected chi connectivity index (χ3v) is 2.83. The molecule has 1 atom stereocenters. The number of anilines is 1. The number of nitrogens with one attached hydrogen (secondary N) is 1. The normalized spacial score (nSPS) is 17.9. The Hall–Kier alpha value is -2.11. The Kier molecular flexibility index (Phi) is 3.99. The number of rotatable bonds is 4. The number of ether oxygens (including phenoxy) is 1. The molecule has 2 N–H and O–H groups in total. The van der Waals surface area contributed by atoms with Crippen LogP contribution in [0.4, 0.5) is 14.5 Å². The molecule has 0 fully saturated rings. The number of hydrogen-bond donors (Lipinski definition) is 2. The Morgan fingerprint density at radius 2 is 2.21 bits per heavy atom. The molecule has 1 aliphatic rings. The number of carboxylic acid groups (broad SMARTS) is 1. The lowest BCUT2D eigenvalue weighted by molar-refractivity contribution is 0.0692. The van der Waals surface area contributed by atoms with Crippen LogP contribution in [-0.2, 0) is 4.74 Å². The average molecular weight is 269 g/mol. The van der Waals surface area contributed by atoms with Gasteiger partial charge in [-0.25, -0.2) is 13.6 Å². The molecule has 0 bridgehead atoms. The fraction of sp³-hybridized carbons (Fsp3) is 0.308. The highest BCUT2D eigenvalue weighted by molar-refractivity contribution is 5.89. The topological polar surface area (TPSA) is 58.6 Å². The van der Waals surface area contributed by atoms with Gasteiger partial charge in [0.2, 0.25) is 0 Å². The quantitative estimate of drug-likeness (QED) is 0.882. The van der Waals surface area contributed by atoms with Crippen LogP contribution in [0.2, 0.25) is 0 Å². The van der Waals surface area contributed by atoms with Crippen LogP contribution < -0.4 is 5.32 Å². The molecule has 1 aliphatic heterocycles. The number of hydrogen-bond acceptors (Lipinski definition) is 3. The number of halogens is 2. The summed E-state index contributed by atoms with van der Waals surface area (Å²) in [6.45, 7) is 0.325. The standard InChI is InChI=1S/C13H13F2NO3/c14-10-6-11(15)12(5-9(10)13(17)18)16-7-8-3-1-2-4-19-8/h2,4-6,8,16H,1,3,7H2,(H,17,18). The number of benzene rings is 1. The van der Waals surface area contributed by atoms with Crippen LogP contribution in [0.3, 0.4) is 0 Å². The van der Waals surface area contributed by atoms with Crippen molar-refractivity contribution in [2.24, 2.45) is 0 Å². The number of carboxylic acids is 1. The van der Waals surface area contributed by atoms with E-state index in [4.69, 9.17) is 9.84 Å². The van der Waals surface area contributed by atoms with Gasteiger partial charge >= 0.3 is 5.97 Å². The summed E-state index contributed by atoms with van der Waals surface area (Å²) in [7, 11) is 0. The van der Waals surface area contributed by atoms with Crippen molar-refractivity contribution in [3.8, 4) is 0 Å². The Morgan fingerprint density at radius 1 is 1.42 bits per heavy atom. The predicted molar refractivity (Wildman–Crippen MR) is 65.1 cm³/mol. The molecule has 0 radical (unpaired) electrons. The Balaban J connectivity index is 2.09. The predicted octanol–water partition coefficient (Wildman–Crippen LogP) is 2.77. The van der Waals surface area contributed by atoms with Crippen LogP contribution in [0.15, 0.2) is 24.5 Å². The molecule has 4 nitrogen and oxygen atoms in total. The van der Waals surface area contributed by atoms with Crippen molar-refractivity contribution in [3.63, 3.8) is 0 Å². The minimum atomic E-state index is -1.43. The molecule has 2 rings (SSSR count). The van der Waals surface area contributed by atoms with E-state index in [9.17, 15) is 13.6 Å². The minimum Gasteiger partial charge on any atom is -0.497 e. The van der Waals surface area contributed by atoms with Crippen LogP contribution >= 0.6 is 0 Å². The lowest BCUT2D eigenvalue weighted by Gasteiger charge is -2.20. The molecule has 0 aromatic heterocycles. The van der Waals surface area contributed by atoms with Gasteiger partial charge in [0.15, 0.2) is 0 Å². The monoisotopic (exact) mass is 269 g/mol. The zero-order valence-electron chi connectivity index (χ0n) is 10.0. The highest BCUT2D eigenvalue weighted by Crippen LogP contribution is 2.20. The zero-order valence-corrected chi connectivity index (χ0v) is 10.0. The lowest BCUT2D eigenvalue weighted by Crippen LogP contribution is -2.23. The molecule has 1 heterocycles. The van der Waals surface area contributed by atoms with Crippen molar-refractivity contribution in [2.75, 3.05) is 11.9 Å². The third kappa shape index (κ3) is 3.21. The van der Waals surface area contributed by atoms with Gasteiger partial charge in [0, 0.05) is 6.07 Å². The van der Waals surface area contributed by atoms with E-state index in [1.54, 1.807) is 6.26 Å². The molecule has 102 valence electrons. The van der Waals surface area contributed by atoms with Gasteiger partial charge in [-0.3, -0.25) is 0 Å². The summed E-state index contributed by atoms with van der Waals surface area (Å²) < 4.78 is 32.0. The molecule has 1 unspecified atom stereocenters. The maximum atomic E-state index is 13.5. The van der Waals surface area contributed by atoms with Crippen molar-refractivity contribution < 1.29 is 23.4 Å². The fourth-order valence-electron chi connectivity index (χ4n) is 1.81.